The second-order valence-electron chi connectivity index (χ2n) is 8.37. The molecule has 0 bridgehead atoms. The number of ether oxygens (including phenoxy) is 1. The molecule has 1 unspecified atom stereocenters. The summed E-state index contributed by atoms with van der Waals surface area (Å²) < 4.78 is 57.6. The molecule has 11 nitrogen and oxygen atoms in total. The molecule has 0 radical (unpaired) electrons. The van der Waals surface area contributed by atoms with E-state index in [0.29, 0.717) is 48.0 Å². The fraction of sp³-hybridized carbons (Fsp3) is 0.261. The van der Waals surface area contributed by atoms with Crippen molar-refractivity contribution in [3.05, 3.63) is 71.4 Å². The first-order valence-electron chi connectivity index (χ1n) is 11.4. The number of piperidine rings is 1. The Labute approximate surface area is 220 Å². The molecule has 0 aliphatic carbocycles. The molecule has 3 heterocycles. The Kier molecular flexibility index (Phi) is 7.62. The number of fused-ring (bicyclic) bond motifs is 1. The summed E-state index contributed by atoms with van der Waals surface area (Å²) in [5.41, 5.74) is 2.19. The predicted octanol–water partition coefficient (Wildman–Crippen LogP) is 3.65. The van der Waals surface area contributed by atoms with Crippen LogP contribution in [-0.2, 0) is 27.9 Å². The average Bonchev–Trinajstić information content (AvgIpc) is 3.53. The number of benzene rings is 2. The Hall–Kier alpha value is -3.17. The van der Waals surface area contributed by atoms with E-state index in [1.54, 1.807) is 22.9 Å². The van der Waals surface area contributed by atoms with Gasteiger partial charge in [0.05, 0.1) is 22.5 Å². The van der Waals surface area contributed by atoms with Crippen LogP contribution in [0.2, 0.25) is 0 Å². The minimum Gasteiger partial charge on any atom is -0.487 e. The molecule has 2 aromatic carbocycles. The third-order valence-electron chi connectivity index (χ3n) is 5.87. The smallest absolute Gasteiger partial charge is 0.260 e. The molecular weight excluding hydrogens is 536 g/mol. The molecule has 4 aromatic rings. The van der Waals surface area contributed by atoms with Gasteiger partial charge in [-0.15, -0.1) is 5.10 Å². The summed E-state index contributed by atoms with van der Waals surface area (Å²) in [6.07, 6.45) is 4.72. The fourth-order valence-corrected chi connectivity index (χ4v) is 6.55. The second-order valence-corrected chi connectivity index (χ2v) is 11.9. The van der Waals surface area contributed by atoms with Crippen LogP contribution >= 0.6 is 11.3 Å². The van der Waals surface area contributed by atoms with Gasteiger partial charge in [0, 0.05) is 18.5 Å². The third kappa shape index (κ3) is 6.40. The van der Waals surface area contributed by atoms with E-state index in [2.05, 4.69) is 20.0 Å². The van der Waals surface area contributed by atoms with E-state index < -0.39 is 21.3 Å². The minimum absolute atomic E-state index is 0.0577. The molecule has 0 saturated carbocycles. The van der Waals surface area contributed by atoms with Crippen LogP contribution in [0.15, 0.2) is 60.1 Å². The van der Waals surface area contributed by atoms with Crippen LogP contribution in [0.3, 0.4) is 0 Å². The number of sulfonamides is 1. The van der Waals surface area contributed by atoms with Gasteiger partial charge < -0.3 is 4.74 Å². The van der Waals surface area contributed by atoms with Crippen molar-refractivity contribution in [2.24, 2.45) is 0 Å². The molecule has 14 heteroatoms. The quantitative estimate of drug-likeness (QED) is 0.296. The molecule has 5 rings (SSSR count). The van der Waals surface area contributed by atoms with Crippen molar-refractivity contribution in [2.45, 2.75) is 25.5 Å². The van der Waals surface area contributed by atoms with Gasteiger partial charge in [0.2, 0.25) is 10.0 Å². The van der Waals surface area contributed by atoms with Crippen LogP contribution < -0.4 is 9.46 Å². The van der Waals surface area contributed by atoms with E-state index in [4.69, 9.17) is 9.29 Å². The molecule has 2 aromatic heterocycles. The van der Waals surface area contributed by atoms with Gasteiger partial charge in [-0.2, -0.15) is 4.31 Å². The number of thiazole rings is 1. The van der Waals surface area contributed by atoms with Crippen LogP contribution in [0, 0.1) is 0 Å². The van der Waals surface area contributed by atoms with Gasteiger partial charge in [0.25, 0.3) is 11.3 Å². The summed E-state index contributed by atoms with van der Waals surface area (Å²) in [4.78, 5) is 4.24. The van der Waals surface area contributed by atoms with Gasteiger partial charge in [-0.25, -0.2) is 22.3 Å². The summed E-state index contributed by atoms with van der Waals surface area (Å²) in [5.74, 6) is 0.615. The van der Waals surface area contributed by atoms with Crippen LogP contribution in [0.4, 0.5) is 5.13 Å². The lowest BCUT2D eigenvalue weighted by Gasteiger charge is -2.30. The first-order valence-corrected chi connectivity index (χ1v) is 14.8. The van der Waals surface area contributed by atoms with E-state index in [1.165, 1.54) is 21.1 Å². The monoisotopic (exact) mass is 560 g/mol. The van der Waals surface area contributed by atoms with E-state index in [-0.39, 0.29) is 12.6 Å². The zero-order valence-electron chi connectivity index (χ0n) is 19.5. The van der Waals surface area contributed by atoms with Crippen LogP contribution in [-0.4, -0.2) is 54.6 Å². The number of nitrogens with one attached hydrogen (secondary N) is 1. The van der Waals surface area contributed by atoms with Gasteiger partial charge in [-0.3, -0.25) is 9.27 Å². The largest absolute Gasteiger partial charge is 0.487 e. The Morgan fingerprint density at radius 3 is 2.73 bits per heavy atom. The first-order chi connectivity index (χ1) is 17.9. The second kappa shape index (κ2) is 11.1. The van der Waals surface area contributed by atoms with E-state index in [9.17, 15) is 12.6 Å². The highest BCUT2D eigenvalue weighted by molar-refractivity contribution is 7.92. The van der Waals surface area contributed by atoms with Crippen molar-refractivity contribution < 1.29 is 21.9 Å². The molecule has 0 spiro atoms. The number of hydrogen-bond acceptors (Lipinski definition) is 8. The van der Waals surface area contributed by atoms with Gasteiger partial charge in [-0.1, -0.05) is 46.9 Å². The standard InChI is InChI=1S/C23H24N6O5S3/c30-36(31)26-23-24-21-7-6-20(14-22(21)35-23)34-16-18-15-29(27-25-18)19-8-11-28(12-9-19)37(32,33)13-10-17-4-2-1-3-5-17/h1-7,10,13-15,19H,8-9,11-12,16H2,(H,24,26)(H,30,31). The Balaban J connectivity index is 1.15. The molecule has 1 fully saturated rings. The topological polar surface area (TPSA) is 140 Å². The number of rotatable bonds is 9. The van der Waals surface area contributed by atoms with Crippen molar-refractivity contribution in [2.75, 3.05) is 17.8 Å². The van der Waals surface area contributed by atoms with Crippen molar-refractivity contribution in [1.82, 2.24) is 24.3 Å². The Morgan fingerprint density at radius 2 is 1.97 bits per heavy atom. The lowest BCUT2D eigenvalue weighted by Crippen LogP contribution is -2.38. The first kappa shape index (κ1) is 25.5. The lowest BCUT2D eigenvalue weighted by molar-refractivity contribution is 0.260. The lowest BCUT2D eigenvalue weighted by atomic mass is 10.1. The molecule has 1 saturated heterocycles. The van der Waals surface area contributed by atoms with Gasteiger partial charge in [0.1, 0.15) is 18.1 Å². The van der Waals surface area contributed by atoms with E-state index in [0.717, 1.165) is 10.3 Å². The van der Waals surface area contributed by atoms with Crippen LogP contribution in [0.25, 0.3) is 16.3 Å². The molecule has 2 N–H and O–H groups in total. The number of nitrogens with zero attached hydrogens (tertiary/aromatic N) is 5. The van der Waals surface area contributed by atoms with Gasteiger partial charge in [0.15, 0.2) is 5.13 Å². The SMILES string of the molecule is O=S(O)Nc1nc2ccc(OCc3cn(C4CCN(S(=O)(=O)C=Cc5ccccc5)CC4)nn3)cc2s1. The highest BCUT2D eigenvalue weighted by atomic mass is 32.2. The fourth-order valence-electron chi connectivity index (χ4n) is 4.00. The zero-order valence-corrected chi connectivity index (χ0v) is 22.0. The average molecular weight is 561 g/mol. The van der Waals surface area contributed by atoms with Crippen LogP contribution in [0.1, 0.15) is 30.1 Å². The van der Waals surface area contributed by atoms with Gasteiger partial charge in [-0.05, 0) is 42.7 Å². The summed E-state index contributed by atoms with van der Waals surface area (Å²) in [5, 5.41) is 10.0. The van der Waals surface area contributed by atoms with Gasteiger partial charge >= 0.3 is 0 Å². The maximum atomic E-state index is 12.7. The predicted molar refractivity (Wildman–Crippen MR) is 143 cm³/mol. The summed E-state index contributed by atoms with van der Waals surface area (Å²) in [6.45, 7) is 1.04. The maximum Gasteiger partial charge on any atom is 0.260 e. The number of aromatic nitrogens is 4. The highest BCUT2D eigenvalue weighted by Gasteiger charge is 2.27. The third-order valence-corrected chi connectivity index (χ3v) is 8.86. The summed E-state index contributed by atoms with van der Waals surface area (Å²) in [6, 6.07) is 14.8. The normalized spacial score (nSPS) is 16.4. The molecule has 0 amide bonds. The van der Waals surface area contributed by atoms with Crippen molar-refractivity contribution in [3.63, 3.8) is 0 Å². The maximum absolute atomic E-state index is 12.7. The Morgan fingerprint density at radius 1 is 1.19 bits per heavy atom. The van der Waals surface area contributed by atoms with Crippen molar-refractivity contribution in [1.29, 1.82) is 0 Å². The molecule has 1 aliphatic rings. The summed E-state index contributed by atoms with van der Waals surface area (Å²) in [7, 11) is -3.49. The minimum atomic E-state index is -3.49. The Bertz CT molecular complexity index is 1530. The molecular formula is C23H24N6O5S3. The zero-order chi connectivity index (χ0) is 25.8. The van der Waals surface area contributed by atoms with E-state index in [1.807, 2.05) is 42.6 Å². The molecule has 1 atom stereocenters. The number of anilines is 1. The number of hydrogen-bond donors (Lipinski definition) is 2. The molecule has 37 heavy (non-hydrogen) atoms. The molecule has 194 valence electrons. The van der Waals surface area contributed by atoms with E-state index >= 15 is 0 Å². The van der Waals surface area contributed by atoms with Crippen molar-refractivity contribution >= 4 is 54.1 Å². The molecule has 1 aliphatic heterocycles. The van der Waals surface area contributed by atoms with Crippen molar-refractivity contribution in [3.8, 4) is 5.75 Å². The van der Waals surface area contributed by atoms with Crippen LogP contribution in [0.5, 0.6) is 5.75 Å². The highest BCUT2D eigenvalue weighted by Crippen LogP contribution is 2.30. The summed E-state index contributed by atoms with van der Waals surface area (Å²) >= 11 is -0.929.